The molecule has 2 heterocycles. The number of aliphatic hydroxyl groups is 1. The van der Waals surface area contributed by atoms with Gasteiger partial charge in [0, 0.05) is 24.4 Å². The van der Waals surface area contributed by atoms with Crippen LogP contribution in [0.3, 0.4) is 0 Å². The average Bonchev–Trinajstić information content (AvgIpc) is 3.48. The molecule has 2 aromatic heterocycles. The van der Waals surface area contributed by atoms with Crippen LogP contribution < -0.4 is 11.1 Å². The lowest BCUT2D eigenvalue weighted by molar-refractivity contribution is -0.148. The van der Waals surface area contributed by atoms with E-state index < -0.39 is 30.0 Å². The Hall–Kier alpha value is -4.05. The van der Waals surface area contributed by atoms with Gasteiger partial charge in [-0.15, -0.1) is 0 Å². The fraction of sp³-hybridized carbons (Fsp3) is 0.541. The highest BCUT2D eigenvalue weighted by Gasteiger charge is 2.39. The topological polar surface area (TPSA) is 154 Å². The molecular weight excluding hydrogens is 592 g/mol. The molecule has 47 heavy (non-hydrogen) atoms. The molecule has 0 spiro atoms. The van der Waals surface area contributed by atoms with Crippen molar-refractivity contribution in [2.75, 3.05) is 0 Å². The molecule has 0 unspecified atom stereocenters. The zero-order chi connectivity index (χ0) is 33.9. The number of nitrogens with two attached hydrogens (primary N) is 1. The molecule has 1 aliphatic carbocycles. The molecule has 3 aromatic rings. The van der Waals surface area contributed by atoms with E-state index in [1.807, 2.05) is 58.0 Å². The molecule has 0 radical (unpaired) electrons. The number of para-hydroxylation sites is 2. The molecule has 0 bridgehead atoms. The number of primary amides is 1. The maximum absolute atomic E-state index is 14.6. The number of nitrogens with zero attached hydrogens (tertiary/aromatic N) is 3. The first kappa shape index (κ1) is 35.8. The largest absolute Gasteiger partial charge is 0.391 e. The zero-order valence-electron chi connectivity index (χ0n) is 28.3. The minimum atomic E-state index is -0.979. The number of carbonyl (C=O) groups is 3. The van der Waals surface area contributed by atoms with E-state index in [0.717, 1.165) is 42.3 Å². The highest BCUT2D eigenvalue weighted by Crippen LogP contribution is 2.31. The van der Waals surface area contributed by atoms with Crippen molar-refractivity contribution in [2.45, 2.75) is 104 Å². The number of H-pyrrole nitrogens is 1. The third-order valence-electron chi connectivity index (χ3n) is 9.68. The van der Waals surface area contributed by atoms with Gasteiger partial charge in [0.15, 0.2) is 0 Å². The number of aliphatic hydroxyl groups excluding tert-OH is 1. The van der Waals surface area contributed by atoms with Crippen molar-refractivity contribution in [1.82, 2.24) is 25.2 Å². The Bertz CT molecular complexity index is 1450. The van der Waals surface area contributed by atoms with Crippen LogP contribution in [0.25, 0.3) is 17.1 Å². The Morgan fingerprint density at radius 3 is 2.49 bits per heavy atom. The lowest BCUT2D eigenvalue weighted by Crippen LogP contribution is -2.54. The summed E-state index contributed by atoms with van der Waals surface area (Å²) in [7, 11) is 0. The fourth-order valence-corrected chi connectivity index (χ4v) is 6.79. The number of fused-ring (bicyclic) bond motifs is 1. The molecule has 10 heteroatoms. The zero-order valence-corrected chi connectivity index (χ0v) is 28.3. The summed E-state index contributed by atoms with van der Waals surface area (Å²) in [4.78, 5) is 54.2. The van der Waals surface area contributed by atoms with Crippen LogP contribution in [-0.2, 0) is 20.9 Å². The van der Waals surface area contributed by atoms with Crippen LogP contribution in [0, 0.1) is 23.7 Å². The lowest BCUT2D eigenvalue weighted by atomic mass is 9.80. The molecule has 5 atom stereocenters. The number of rotatable bonds is 16. The average molecular weight is 645 g/mol. The molecule has 1 fully saturated rings. The maximum atomic E-state index is 14.6. The van der Waals surface area contributed by atoms with Gasteiger partial charge < -0.3 is 26.0 Å². The Kier molecular flexibility index (Phi) is 13.1. The van der Waals surface area contributed by atoms with E-state index in [0.29, 0.717) is 24.6 Å². The van der Waals surface area contributed by atoms with Crippen molar-refractivity contribution in [2.24, 2.45) is 29.4 Å². The van der Waals surface area contributed by atoms with Crippen LogP contribution in [0.2, 0.25) is 0 Å². The SMILES string of the molecule is CC[C@H](C)[C@@H](C(N)=O)N(Cc1nc2ccccc2[nH]1)C(=O)[C@@H](C[C@H](O)[C@H](CC1CCCCC1)NC(=O)C=Cc1cccnc1)C(C)C. The molecule has 3 amide bonds. The second kappa shape index (κ2) is 17.2. The number of imidazole rings is 1. The first-order chi connectivity index (χ1) is 22.6. The highest BCUT2D eigenvalue weighted by molar-refractivity contribution is 5.92. The van der Waals surface area contributed by atoms with Gasteiger partial charge in [0.2, 0.25) is 17.7 Å². The van der Waals surface area contributed by atoms with Crippen molar-refractivity contribution in [3.63, 3.8) is 0 Å². The number of benzene rings is 1. The van der Waals surface area contributed by atoms with Crippen molar-refractivity contribution < 1.29 is 19.5 Å². The van der Waals surface area contributed by atoms with Crippen LogP contribution >= 0.6 is 0 Å². The van der Waals surface area contributed by atoms with Crippen LogP contribution in [0.1, 0.15) is 90.4 Å². The van der Waals surface area contributed by atoms with Gasteiger partial charge in [-0.1, -0.05) is 84.4 Å². The monoisotopic (exact) mass is 644 g/mol. The van der Waals surface area contributed by atoms with Crippen LogP contribution in [0.4, 0.5) is 0 Å². The first-order valence-corrected chi connectivity index (χ1v) is 17.2. The molecule has 5 N–H and O–H groups in total. The van der Waals surface area contributed by atoms with Crippen molar-refractivity contribution >= 4 is 34.8 Å². The second-order valence-corrected chi connectivity index (χ2v) is 13.5. The lowest BCUT2D eigenvalue weighted by Gasteiger charge is -2.37. The standard InChI is InChI=1S/C37H52N6O4/c1-5-25(4)35(36(38)46)43(23-33-40-29-15-9-10-16-30(29)41-33)37(47)28(24(2)3)21-32(44)31(20-26-12-7-6-8-13-26)42-34(45)18-17-27-14-11-19-39-22-27/h9-11,14-19,22,24-26,28,31-32,35,44H,5-8,12-13,20-21,23H2,1-4H3,(H2,38,46)(H,40,41)(H,42,45)/t25-,28-,31-,32-,35-/m0/s1. The molecule has 4 rings (SSSR count). The molecular formula is C37H52N6O4. The molecule has 10 nitrogen and oxygen atoms in total. The van der Waals surface area contributed by atoms with Gasteiger partial charge in [-0.05, 0) is 60.4 Å². The summed E-state index contributed by atoms with van der Waals surface area (Å²) >= 11 is 0. The van der Waals surface area contributed by atoms with E-state index >= 15 is 0 Å². The summed E-state index contributed by atoms with van der Waals surface area (Å²) in [6.45, 7) is 7.86. The van der Waals surface area contributed by atoms with Crippen LogP contribution in [-0.4, -0.2) is 60.9 Å². The summed E-state index contributed by atoms with van der Waals surface area (Å²) in [5.41, 5.74) is 8.37. The number of hydrogen-bond donors (Lipinski definition) is 4. The van der Waals surface area contributed by atoms with Crippen LogP contribution in [0.15, 0.2) is 54.9 Å². The fourth-order valence-electron chi connectivity index (χ4n) is 6.79. The van der Waals surface area contributed by atoms with Gasteiger partial charge in [-0.3, -0.25) is 19.4 Å². The Morgan fingerprint density at radius 2 is 1.85 bits per heavy atom. The van der Waals surface area contributed by atoms with Crippen molar-refractivity contribution in [3.05, 3.63) is 66.3 Å². The van der Waals surface area contributed by atoms with E-state index in [2.05, 4.69) is 20.3 Å². The third kappa shape index (κ3) is 9.97. The van der Waals surface area contributed by atoms with Gasteiger partial charge in [0.25, 0.3) is 0 Å². The third-order valence-corrected chi connectivity index (χ3v) is 9.68. The predicted octanol–water partition coefficient (Wildman–Crippen LogP) is 5.38. The Labute approximate surface area is 278 Å². The highest BCUT2D eigenvalue weighted by atomic mass is 16.3. The Balaban J connectivity index is 1.59. The van der Waals surface area contributed by atoms with Gasteiger partial charge in [0.05, 0.1) is 29.7 Å². The Morgan fingerprint density at radius 1 is 1.11 bits per heavy atom. The summed E-state index contributed by atoms with van der Waals surface area (Å²) in [6.07, 6.45) is 12.5. The van der Waals surface area contributed by atoms with E-state index in [4.69, 9.17) is 5.73 Å². The molecule has 1 aromatic carbocycles. The smallest absolute Gasteiger partial charge is 0.244 e. The summed E-state index contributed by atoms with van der Waals surface area (Å²) in [5, 5.41) is 14.8. The first-order valence-electron chi connectivity index (χ1n) is 17.2. The second-order valence-electron chi connectivity index (χ2n) is 13.5. The van der Waals surface area contributed by atoms with Crippen molar-refractivity contribution in [1.29, 1.82) is 0 Å². The van der Waals surface area contributed by atoms with E-state index in [9.17, 15) is 19.5 Å². The summed E-state index contributed by atoms with van der Waals surface area (Å²) in [6, 6.07) is 9.89. The molecule has 0 saturated heterocycles. The maximum Gasteiger partial charge on any atom is 0.244 e. The van der Waals surface area contributed by atoms with E-state index in [1.165, 1.54) is 12.5 Å². The molecule has 1 aliphatic rings. The normalized spacial score (nSPS) is 17.3. The minimum Gasteiger partial charge on any atom is -0.391 e. The number of nitrogens with one attached hydrogen (secondary N) is 2. The number of amides is 3. The minimum absolute atomic E-state index is 0.0755. The number of hydrogen-bond acceptors (Lipinski definition) is 6. The quantitative estimate of drug-likeness (QED) is 0.154. The number of pyridine rings is 1. The molecule has 0 aliphatic heterocycles. The van der Waals surface area contributed by atoms with Gasteiger partial charge in [0.1, 0.15) is 11.9 Å². The van der Waals surface area contributed by atoms with Gasteiger partial charge >= 0.3 is 0 Å². The predicted molar refractivity (Wildman–Crippen MR) is 184 cm³/mol. The van der Waals surface area contributed by atoms with E-state index in [1.54, 1.807) is 29.4 Å². The van der Waals surface area contributed by atoms with E-state index in [-0.39, 0.29) is 36.6 Å². The number of carbonyl (C=O) groups excluding carboxylic acids is 3. The number of aromatic amines is 1. The molecule has 254 valence electrons. The summed E-state index contributed by atoms with van der Waals surface area (Å²) < 4.78 is 0. The van der Waals surface area contributed by atoms with Gasteiger partial charge in [-0.25, -0.2) is 4.98 Å². The summed E-state index contributed by atoms with van der Waals surface area (Å²) in [5.74, 6) is -1.18. The number of aromatic nitrogens is 3. The molecule has 1 saturated carbocycles. The van der Waals surface area contributed by atoms with Crippen molar-refractivity contribution in [3.8, 4) is 0 Å². The van der Waals surface area contributed by atoms with Gasteiger partial charge in [-0.2, -0.15) is 0 Å². The van der Waals surface area contributed by atoms with Crippen LogP contribution in [0.5, 0.6) is 0 Å².